The summed E-state index contributed by atoms with van der Waals surface area (Å²) < 4.78 is 26.9. The molecule has 0 saturated heterocycles. The molecule has 1 heterocycles. The monoisotopic (exact) mass is 416 g/mol. The van der Waals surface area contributed by atoms with Crippen LogP contribution >= 0.6 is 11.6 Å². The highest BCUT2D eigenvalue weighted by Crippen LogP contribution is 2.36. The molecule has 0 spiro atoms. The number of rotatable bonds is 7. The summed E-state index contributed by atoms with van der Waals surface area (Å²) in [5, 5.41) is 0.977. The third-order valence-corrected chi connectivity index (χ3v) is 4.61. The molecule has 7 nitrogen and oxygen atoms in total. The topological polar surface area (TPSA) is 71.9 Å². The number of methoxy groups -OCH3 is 5. The number of aromatic nitrogens is 2. The standard InChI is InChI=1S/C21H21ClN2O5/c1-25-12-8-16(26-2)13(17(9-12)27-3)6-7-20-23-15-11-19(29-5)18(28-4)10-14(15)21(22)24-20/h6-11H,1-5H3/b7-6+. The van der Waals surface area contributed by atoms with Crippen molar-refractivity contribution in [2.75, 3.05) is 35.5 Å². The van der Waals surface area contributed by atoms with Crippen LogP contribution in [0, 0.1) is 0 Å². The van der Waals surface area contributed by atoms with Crippen molar-refractivity contribution in [1.29, 1.82) is 0 Å². The highest BCUT2D eigenvalue weighted by atomic mass is 35.5. The Morgan fingerprint density at radius 3 is 1.83 bits per heavy atom. The second-order valence-corrected chi connectivity index (χ2v) is 6.23. The molecule has 0 radical (unpaired) electrons. The Morgan fingerprint density at radius 2 is 1.28 bits per heavy atom. The van der Waals surface area contributed by atoms with Crippen molar-refractivity contribution in [2.45, 2.75) is 0 Å². The van der Waals surface area contributed by atoms with Crippen LogP contribution < -0.4 is 23.7 Å². The number of hydrogen-bond acceptors (Lipinski definition) is 7. The summed E-state index contributed by atoms with van der Waals surface area (Å²) in [6.07, 6.45) is 3.53. The highest BCUT2D eigenvalue weighted by Gasteiger charge is 2.13. The van der Waals surface area contributed by atoms with Crippen LogP contribution in [0.25, 0.3) is 23.1 Å². The maximum Gasteiger partial charge on any atom is 0.162 e. The second kappa shape index (κ2) is 8.87. The van der Waals surface area contributed by atoms with E-state index in [0.717, 1.165) is 5.56 Å². The van der Waals surface area contributed by atoms with Gasteiger partial charge in [0.15, 0.2) is 17.3 Å². The van der Waals surface area contributed by atoms with Crippen LogP contribution in [0.3, 0.4) is 0 Å². The number of ether oxygens (including phenoxy) is 5. The van der Waals surface area contributed by atoms with E-state index >= 15 is 0 Å². The second-order valence-electron chi connectivity index (χ2n) is 5.88. The van der Waals surface area contributed by atoms with Gasteiger partial charge in [-0.3, -0.25) is 0 Å². The van der Waals surface area contributed by atoms with Crippen LogP contribution in [0.15, 0.2) is 24.3 Å². The van der Waals surface area contributed by atoms with E-state index in [2.05, 4.69) is 9.97 Å². The zero-order valence-electron chi connectivity index (χ0n) is 16.8. The van der Waals surface area contributed by atoms with Crippen molar-refractivity contribution < 1.29 is 23.7 Å². The van der Waals surface area contributed by atoms with Crippen molar-refractivity contribution in [3.05, 3.63) is 40.8 Å². The SMILES string of the molecule is COc1cc(OC)c(/C=C/c2nc(Cl)c3cc(OC)c(OC)cc3n2)c(OC)c1. The van der Waals surface area contributed by atoms with E-state index in [-0.39, 0.29) is 0 Å². The Balaban J connectivity index is 2.07. The summed E-state index contributed by atoms with van der Waals surface area (Å²) in [5.74, 6) is 3.35. The molecule has 0 amide bonds. The number of halogens is 1. The van der Waals surface area contributed by atoms with E-state index in [0.29, 0.717) is 50.6 Å². The molecular formula is C21H21ClN2O5. The van der Waals surface area contributed by atoms with Crippen LogP contribution in [0.4, 0.5) is 0 Å². The lowest BCUT2D eigenvalue weighted by atomic mass is 10.1. The van der Waals surface area contributed by atoms with Crippen molar-refractivity contribution in [3.8, 4) is 28.7 Å². The van der Waals surface area contributed by atoms with Crippen molar-refractivity contribution >= 4 is 34.7 Å². The van der Waals surface area contributed by atoms with Crippen LogP contribution in [-0.4, -0.2) is 45.5 Å². The lowest BCUT2D eigenvalue weighted by Crippen LogP contribution is -1.96. The Morgan fingerprint density at radius 1 is 0.690 bits per heavy atom. The molecule has 3 aromatic rings. The quantitative estimate of drug-likeness (QED) is 0.525. The van der Waals surface area contributed by atoms with Crippen LogP contribution in [0.2, 0.25) is 5.15 Å². The largest absolute Gasteiger partial charge is 0.496 e. The zero-order valence-corrected chi connectivity index (χ0v) is 17.5. The minimum atomic E-state index is 0.310. The molecule has 29 heavy (non-hydrogen) atoms. The maximum atomic E-state index is 6.38. The fraction of sp³-hybridized carbons (Fsp3) is 0.238. The molecule has 0 fully saturated rings. The summed E-state index contributed by atoms with van der Waals surface area (Å²) in [7, 11) is 7.86. The van der Waals surface area contributed by atoms with Gasteiger partial charge >= 0.3 is 0 Å². The molecule has 2 aromatic carbocycles. The molecule has 0 aliphatic carbocycles. The van der Waals surface area contributed by atoms with Gasteiger partial charge in [-0.15, -0.1) is 0 Å². The van der Waals surface area contributed by atoms with E-state index in [9.17, 15) is 0 Å². The van der Waals surface area contributed by atoms with E-state index in [1.807, 2.05) is 0 Å². The summed E-state index contributed by atoms with van der Waals surface area (Å²) >= 11 is 6.38. The Bertz CT molecular complexity index is 1040. The van der Waals surface area contributed by atoms with E-state index < -0.39 is 0 Å². The smallest absolute Gasteiger partial charge is 0.162 e. The van der Waals surface area contributed by atoms with Crippen molar-refractivity contribution in [2.24, 2.45) is 0 Å². The highest BCUT2D eigenvalue weighted by molar-refractivity contribution is 6.34. The van der Waals surface area contributed by atoms with Gasteiger partial charge in [0.2, 0.25) is 0 Å². The lowest BCUT2D eigenvalue weighted by Gasteiger charge is -2.12. The van der Waals surface area contributed by atoms with E-state index in [4.69, 9.17) is 35.3 Å². The van der Waals surface area contributed by atoms with Gasteiger partial charge in [-0.05, 0) is 18.2 Å². The summed E-state index contributed by atoms with van der Waals surface area (Å²) in [6.45, 7) is 0. The first-order valence-corrected chi connectivity index (χ1v) is 8.99. The number of hydrogen-bond donors (Lipinski definition) is 0. The summed E-state index contributed by atoms with van der Waals surface area (Å²) in [5.41, 5.74) is 1.36. The Hall–Kier alpha value is -3.19. The van der Waals surface area contributed by atoms with Gasteiger partial charge in [0.25, 0.3) is 0 Å². The third kappa shape index (κ3) is 4.14. The third-order valence-electron chi connectivity index (χ3n) is 4.32. The predicted molar refractivity (Wildman–Crippen MR) is 113 cm³/mol. The molecule has 0 atom stereocenters. The molecule has 0 bridgehead atoms. The van der Waals surface area contributed by atoms with Crippen LogP contribution in [-0.2, 0) is 0 Å². The maximum absolute atomic E-state index is 6.38. The van der Waals surface area contributed by atoms with Gasteiger partial charge in [0, 0.05) is 23.6 Å². The molecule has 1 aromatic heterocycles. The molecule has 0 unspecified atom stereocenters. The van der Waals surface area contributed by atoms with Gasteiger partial charge in [0.1, 0.15) is 22.4 Å². The van der Waals surface area contributed by atoms with Gasteiger partial charge in [-0.2, -0.15) is 0 Å². The van der Waals surface area contributed by atoms with Gasteiger partial charge in [-0.1, -0.05) is 11.6 Å². The molecular weight excluding hydrogens is 396 g/mol. The molecule has 0 aliphatic heterocycles. The van der Waals surface area contributed by atoms with Gasteiger partial charge in [-0.25, -0.2) is 9.97 Å². The average Bonchev–Trinajstić information content (AvgIpc) is 2.75. The van der Waals surface area contributed by atoms with Crippen molar-refractivity contribution in [1.82, 2.24) is 9.97 Å². The molecule has 152 valence electrons. The molecule has 8 heteroatoms. The van der Waals surface area contributed by atoms with E-state index in [1.54, 1.807) is 72.0 Å². The number of nitrogens with zero attached hydrogens (tertiary/aromatic N) is 2. The first-order valence-electron chi connectivity index (χ1n) is 8.62. The Kier molecular flexibility index (Phi) is 6.29. The lowest BCUT2D eigenvalue weighted by molar-refractivity contribution is 0.356. The van der Waals surface area contributed by atoms with Crippen molar-refractivity contribution in [3.63, 3.8) is 0 Å². The van der Waals surface area contributed by atoms with Gasteiger partial charge in [0.05, 0.1) is 46.6 Å². The number of fused-ring (bicyclic) bond motifs is 1. The fourth-order valence-electron chi connectivity index (χ4n) is 2.86. The summed E-state index contributed by atoms with van der Waals surface area (Å²) in [4.78, 5) is 8.91. The first kappa shape index (κ1) is 20.5. The zero-order chi connectivity index (χ0) is 21.0. The number of benzene rings is 2. The minimum absolute atomic E-state index is 0.310. The van der Waals surface area contributed by atoms with Gasteiger partial charge < -0.3 is 23.7 Å². The molecule has 0 saturated carbocycles. The van der Waals surface area contributed by atoms with Crippen LogP contribution in [0.5, 0.6) is 28.7 Å². The molecule has 3 rings (SSSR count). The van der Waals surface area contributed by atoms with E-state index in [1.165, 1.54) is 0 Å². The first-order chi connectivity index (χ1) is 14.0. The molecule has 0 aliphatic rings. The summed E-state index contributed by atoms with van der Waals surface area (Å²) in [6, 6.07) is 7.05. The Labute approximate surface area is 173 Å². The molecule has 0 N–H and O–H groups in total. The normalized spacial score (nSPS) is 11.0. The van der Waals surface area contributed by atoms with Crippen LogP contribution in [0.1, 0.15) is 11.4 Å². The fourth-order valence-corrected chi connectivity index (χ4v) is 3.10. The minimum Gasteiger partial charge on any atom is -0.496 e. The predicted octanol–water partition coefficient (Wildman–Crippen LogP) is 4.50. The average molecular weight is 417 g/mol.